The van der Waals surface area contributed by atoms with Crippen LogP contribution in [0.4, 0.5) is 11.5 Å². The van der Waals surface area contributed by atoms with Crippen LogP contribution in [0.2, 0.25) is 0 Å². The van der Waals surface area contributed by atoms with Gasteiger partial charge < -0.3 is 15.4 Å². The van der Waals surface area contributed by atoms with Crippen LogP contribution in [0.5, 0.6) is 0 Å². The first-order valence-corrected chi connectivity index (χ1v) is 7.73. The first-order chi connectivity index (χ1) is 11.2. The molecule has 2 aromatic rings. The Hall–Kier alpha value is -2.69. The summed E-state index contributed by atoms with van der Waals surface area (Å²) in [5.74, 6) is 0.871. The molecular formula is C18H19N3O2. The number of aldehydes is 1. The minimum Gasteiger partial charge on any atom is -0.378 e. The summed E-state index contributed by atoms with van der Waals surface area (Å²) in [5, 5.41) is 5.89. The summed E-state index contributed by atoms with van der Waals surface area (Å²) in [4.78, 5) is 26.6. The lowest BCUT2D eigenvalue weighted by atomic mass is 10.1. The maximum absolute atomic E-state index is 11.8. The van der Waals surface area contributed by atoms with E-state index in [1.54, 1.807) is 6.20 Å². The Morgan fingerprint density at radius 1 is 1.26 bits per heavy atom. The summed E-state index contributed by atoms with van der Waals surface area (Å²) in [6.45, 7) is 2.24. The first kappa shape index (κ1) is 15.2. The topological polar surface area (TPSA) is 71.1 Å². The van der Waals surface area contributed by atoms with E-state index in [9.17, 15) is 9.59 Å². The van der Waals surface area contributed by atoms with E-state index < -0.39 is 0 Å². The highest BCUT2D eigenvalue weighted by molar-refractivity contribution is 5.94. The van der Waals surface area contributed by atoms with Crippen LogP contribution in [0, 0.1) is 12.8 Å². The molecule has 1 aliphatic carbocycles. The van der Waals surface area contributed by atoms with E-state index in [0.717, 1.165) is 41.5 Å². The van der Waals surface area contributed by atoms with Crippen LogP contribution in [-0.4, -0.2) is 23.7 Å². The fourth-order valence-electron chi connectivity index (χ4n) is 2.37. The van der Waals surface area contributed by atoms with Crippen molar-refractivity contribution >= 4 is 23.7 Å². The fraction of sp³-hybridized carbons (Fsp3) is 0.278. The molecule has 0 radical (unpaired) electrons. The predicted octanol–water partition coefficient (Wildman–Crippen LogP) is 3.02. The molecule has 23 heavy (non-hydrogen) atoms. The average molecular weight is 309 g/mol. The number of benzene rings is 1. The third-order valence-corrected chi connectivity index (χ3v) is 3.88. The highest BCUT2D eigenvalue weighted by Gasteiger charge is 2.30. The lowest BCUT2D eigenvalue weighted by Gasteiger charge is -2.10. The van der Waals surface area contributed by atoms with E-state index in [4.69, 9.17) is 0 Å². The van der Waals surface area contributed by atoms with Crippen LogP contribution < -0.4 is 10.6 Å². The molecule has 0 bridgehead atoms. The van der Waals surface area contributed by atoms with Crippen LogP contribution >= 0.6 is 0 Å². The van der Waals surface area contributed by atoms with Gasteiger partial charge in [0.25, 0.3) is 0 Å². The van der Waals surface area contributed by atoms with E-state index in [2.05, 4.69) is 15.6 Å². The Morgan fingerprint density at radius 3 is 2.61 bits per heavy atom. The number of rotatable bonds is 6. The van der Waals surface area contributed by atoms with Gasteiger partial charge in [0.1, 0.15) is 12.1 Å². The van der Waals surface area contributed by atoms with Crippen molar-refractivity contribution in [3.8, 4) is 11.1 Å². The second-order valence-electron chi connectivity index (χ2n) is 5.78. The first-order valence-electron chi connectivity index (χ1n) is 7.73. The summed E-state index contributed by atoms with van der Waals surface area (Å²) in [7, 11) is 0. The number of carbonyl (C=O) groups excluding carboxylic acids is 2. The lowest BCUT2D eigenvalue weighted by Crippen LogP contribution is -2.15. The summed E-state index contributed by atoms with van der Waals surface area (Å²) in [6.07, 6.45) is 4.56. The van der Waals surface area contributed by atoms with Crippen molar-refractivity contribution in [2.24, 2.45) is 5.92 Å². The summed E-state index contributed by atoms with van der Waals surface area (Å²) < 4.78 is 0. The normalized spacial score (nSPS) is 13.4. The highest BCUT2D eigenvalue weighted by atomic mass is 16.2. The number of carbonyl (C=O) groups is 2. The number of nitrogens with zero attached hydrogens (tertiary/aromatic N) is 1. The van der Waals surface area contributed by atoms with Gasteiger partial charge in [0, 0.05) is 23.4 Å². The third-order valence-electron chi connectivity index (χ3n) is 3.88. The quantitative estimate of drug-likeness (QED) is 0.805. The van der Waals surface area contributed by atoms with Gasteiger partial charge in [0.05, 0.1) is 6.54 Å². The third kappa shape index (κ3) is 3.74. The molecule has 1 fully saturated rings. The van der Waals surface area contributed by atoms with Gasteiger partial charge in [-0.05, 0) is 49.1 Å². The Labute approximate surface area is 135 Å². The van der Waals surface area contributed by atoms with E-state index in [0.29, 0.717) is 12.4 Å². The van der Waals surface area contributed by atoms with Crippen LogP contribution in [0.15, 0.2) is 36.5 Å². The summed E-state index contributed by atoms with van der Waals surface area (Å²) in [5.41, 5.74) is 3.88. The van der Waals surface area contributed by atoms with E-state index in [-0.39, 0.29) is 11.8 Å². The zero-order valence-electron chi connectivity index (χ0n) is 13.0. The minimum absolute atomic E-state index is 0.0685. The largest absolute Gasteiger partial charge is 0.378 e. The van der Waals surface area contributed by atoms with Gasteiger partial charge >= 0.3 is 0 Å². The predicted molar refractivity (Wildman–Crippen MR) is 90.3 cm³/mol. The van der Waals surface area contributed by atoms with Crippen molar-refractivity contribution in [3.05, 3.63) is 42.1 Å². The van der Waals surface area contributed by atoms with Gasteiger partial charge in [0.15, 0.2) is 0 Å². The molecule has 1 saturated carbocycles. The molecule has 0 saturated heterocycles. The number of nitrogens with one attached hydrogen (secondary N) is 2. The van der Waals surface area contributed by atoms with Gasteiger partial charge in [-0.1, -0.05) is 12.1 Å². The van der Waals surface area contributed by atoms with Crippen molar-refractivity contribution in [2.45, 2.75) is 19.8 Å². The Bertz CT molecular complexity index is 722. The van der Waals surface area contributed by atoms with Crippen LogP contribution in [0.1, 0.15) is 18.4 Å². The average Bonchev–Trinajstić information content (AvgIpc) is 3.40. The summed E-state index contributed by atoms with van der Waals surface area (Å²) >= 11 is 0. The standard InChI is InChI=1S/C18H19N3O2/c1-12-10-15(11-20-17(12)21-18(23)14-2-3-14)13-4-6-16(7-5-13)19-8-9-22/h4-7,9-11,14,19H,2-3,8H2,1H3,(H,20,21,23). The molecule has 0 atom stereocenters. The molecule has 1 aromatic heterocycles. The lowest BCUT2D eigenvalue weighted by molar-refractivity contribution is -0.117. The second kappa shape index (κ2) is 6.60. The van der Waals surface area contributed by atoms with Crippen molar-refractivity contribution in [1.29, 1.82) is 0 Å². The number of amides is 1. The molecule has 0 aliphatic heterocycles. The molecule has 1 amide bonds. The molecule has 1 heterocycles. The number of anilines is 2. The van der Waals surface area contributed by atoms with Crippen molar-refractivity contribution in [1.82, 2.24) is 4.98 Å². The van der Waals surface area contributed by atoms with E-state index >= 15 is 0 Å². The zero-order chi connectivity index (χ0) is 16.2. The van der Waals surface area contributed by atoms with Gasteiger partial charge in [-0.15, -0.1) is 0 Å². The molecule has 5 nitrogen and oxygen atoms in total. The monoisotopic (exact) mass is 309 g/mol. The van der Waals surface area contributed by atoms with Crippen molar-refractivity contribution in [3.63, 3.8) is 0 Å². The molecule has 5 heteroatoms. The number of pyridine rings is 1. The molecule has 118 valence electrons. The highest BCUT2D eigenvalue weighted by Crippen LogP contribution is 2.31. The van der Waals surface area contributed by atoms with Gasteiger partial charge in [-0.2, -0.15) is 0 Å². The SMILES string of the molecule is Cc1cc(-c2ccc(NCC=O)cc2)cnc1NC(=O)C1CC1. The molecular weight excluding hydrogens is 290 g/mol. The van der Waals surface area contributed by atoms with E-state index in [1.807, 2.05) is 37.3 Å². The Morgan fingerprint density at radius 2 is 2.00 bits per heavy atom. The molecule has 0 spiro atoms. The number of hydrogen-bond donors (Lipinski definition) is 2. The zero-order valence-corrected chi connectivity index (χ0v) is 13.0. The van der Waals surface area contributed by atoms with Gasteiger partial charge in [-0.3, -0.25) is 4.79 Å². The number of aromatic nitrogens is 1. The van der Waals surface area contributed by atoms with Crippen LogP contribution in [-0.2, 0) is 9.59 Å². The smallest absolute Gasteiger partial charge is 0.228 e. The second-order valence-corrected chi connectivity index (χ2v) is 5.78. The Kier molecular flexibility index (Phi) is 4.37. The van der Waals surface area contributed by atoms with Crippen LogP contribution in [0.3, 0.4) is 0 Å². The van der Waals surface area contributed by atoms with Gasteiger partial charge in [0.2, 0.25) is 5.91 Å². The maximum Gasteiger partial charge on any atom is 0.228 e. The minimum atomic E-state index is 0.0685. The summed E-state index contributed by atoms with van der Waals surface area (Å²) in [6, 6.07) is 9.83. The van der Waals surface area contributed by atoms with Crippen LogP contribution in [0.25, 0.3) is 11.1 Å². The number of aryl methyl sites for hydroxylation is 1. The Balaban J connectivity index is 1.73. The fourth-order valence-corrected chi connectivity index (χ4v) is 2.37. The molecule has 3 rings (SSSR count). The molecule has 1 aliphatic rings. The molecule has 0 unspecified atom stereocenters. The van der Waals surface area contributed by atoms with Crippen molar-refractivity contribution in [2.75, 3.05) is 17.2 Å². The number of hydrogen-bond acceptors (Lipinski definition) is 4. The maximum atomic E-state index is 11.8. The van der Waals surface area contributed by atoms with Gasteiger partial charge in [-0.25, -0.2) is 4.98 Å². The molecule has 1 aromatic carbocycles. The molecule has 2 N–H and O–H groups in total. The van der Waals surface area contributed by atoms with E-state index in [1.165, 1.54) is 0 Å². The van der Waals surface area contributed by atoms with Crippen molar-refractivity contribution < 1.29 is 9.59 Å².